The average molecular weight is 700 g/mol. The van der Waals surface area contributed by atoms with Crippen molar-refractivity contribution in [2.24, 2.45) is 0 Å². The molecule has 266 valence electrons. The van der Waals surface area contributed by atoms with E-state index >= 15 is 0 Å². The fourth-order valence-electron chi connectivity index (χ4n) is 5.46. The highest BCUT2D eigenvalue weighted by atomic mass is 35.5. The number of para-hydroxylation sites is 1. The van der Waals surface area contributed by atoms with Crippen molar-refractivity contribution in [3.05, 3.63) is 77.1 Å². The highest BCUT2D eigenvalue weighted by molar-refractivity contribution is 6.31. The highest BCUT2D eigenvalue weighted by Gasteiger charge is 2.48. The maximum Gasteiger partial charge on any atom is 0.314 e. The number of aromatic nitrogens is 1. The molecule has 1 heterocycles. The zero-order valence-electron chi connectivity index (χ0n) is 27.3. The fraction of sp³-hybridized carbons (Fsp3) is 0.500. The number of nitrogens with zero attached hydrogens (tertiary/aromatic N) is 1. The van der Waals surface area contributed by atoms with Crippen molar-refractivity contribution >= 4 is 17.6 Å². The Morgan fingerprint density at radius 3 is 2.49 bits per heavy atom. The minimum Gasteiger partial charge on any atom is -0.494 e. The SMILES string of the molecule is O=C(NCCCCCOc1ccc(Cl)c(COC2(c3cnccc3-c3ccccc3OC3CC3)CC2)c1)NC[C@H](O)[C@@H](O)[C@H](O)[C@H](O)CO. The number of aliphatic hydroxyl groups excluding tert-OH is 5. The number of halogens is 1. The van der Waals surface area contributed by atoms with Gasteiger partial charge in [0.25, 0.3) is 0 Å². The molecule has 2 aliphatic rings. The number of urea groups is 1. The van der Waals surface area contributed by atoms with E-state index in [0.29, 0.717) is 43.1 Å². The van der Waals surface area contributed by atoms with E-state index in [1.54, 1.807) is 6.20 Å². The van der Waals surface area contributed by atoms with Crippen LogP contribution in [0.2, 0.25) is 5.02 Å². The predicted octanol–water partition coefficient (Wildman–Crippen LogP) is 3.43. The average Bonchev–Trinajstić information content (AvgIpc) is 4.07. The topological polar surface area (TPSA) is 183 Å². The number of benzene rings is 2. The first kappa shape index (κ1) is 36.8. The van der Waals surface area contributed by atoms with Gasteiger partial charge in [-0.05, 0) is 80.8 Å². The van der Waals surface area contributed by atoms with E-state index in [4.69, 9.17) is 30.9 Å². The smallest absolute Gasteiger partial charge is 0.314 e. The van der Waals surface area contributed by atoms with E-state index in [-0.39, 0.29) is 6.54 Å². The third-order valence-corrected chi connectivity index (χ3v) is 9.07. The van der Waals surface area contributed by atoms with Crippen LogP contribution in [0, 0.1) is 0 Å². The van der Waals surface area contributed by atoms with Gasteiger partial charge in [-0.3, -0.25) is 4.98 Å². The third-order valence-electron chi connectivity index (χ3n) is 8.71. The van der Waals surface area contributed by atoms with Gasteiger partial charge in [0.2, 0.25) is 0 Å². The minimum absolute atomic E-state index is 0.290. The second-order valence-corrected chi connectivity index (χ2v) is 13.0. The van der Waals surface area contributed by atoms with Gasteiger partial charge in [0, 0.05) is 47.2 Å². The van der Waals surface area contributed by atoms with Crippen molar-refractivity contribution in [2.75, 3.05) is 26.3 Å². The molecular weight excluding hydrogens is 654 g/mol. The summed E-state index contributed by atoms with van der Waals surface area (Å²) in [5, 5.41) is 53.2. The van der Waals surface area contributed by atoms with Crippen LogP contribution in [0.1, 0.15) is 56.1 Å². The molecule has 0 spiro atoms. The number of hydrogen-bond donors (Lipinski definition) is 7. The normalized spacial score (nSPS) is 17.4. The molecule has 2 aromatic carbocycles. The quantitative estimate of drug-likeness (QED) is 0.0863. The van der Waals surface area contributed by atoms with Gasteiger partial charge in [0.1, 0.15) is 29.8 Å². The van der Waals surface area contributed by atoms with Gasteiger partial charge in [0.05, 0.1) is 37.6 Å². The molecule has 0 bridgehead atoms. The lowest BCUT2D eigenvalue weighted by Gasteiger charge is -2.25. The summed E-state index contributed by atoms with van der Waals surface area (Å²) in [6.07, 6.45) is 3.56. The number of nitrogens with one attached hydrogen (secondary N) is 2. The molecule has 3 aromatic rings. The summed E-state index contributed by atoms with van der Waals surface area (Å²) >= 11 is 6.56. The van der Waals surface area contributed by atoms with Gasteiger partial charge >= 0.3 is 6.03 Å². The first-order chi connectivity index (χ1) is 23.7. The van der Waals surface area contributed by atoms with Crippen LogP contribution in [0.3, 0.4) is 0 Å². The number of hydrogen-bond acceptors (Lipinski definition) is 10. The van der Waals surface area contributed by atoms with Gasteiger partial charge in [-0.2, -0.15) is 0 Å². The van der Waals surface area contributed by atoms with Crippen LogP contribution in [-0.4, -0.2) is 93.4 Å². The number of aliphatic hydroxyl groups is 5. The van der Waals surface area contributed by atoms with E-state index in [9.17, 15) is 25.2 Å². The lowest BCUT2D eigenvalue weighted by molar-refractivity contribution is -0.113. The standard InChI is InChI=1S/C36H46ClN3O9/c37-29-11-10-25(47-17-5-1-4-15-39-35(46)40-20-30(42)33(44)34(45)31(43)21-41)18-23(29)22-48-36(13-14-36)28-19-38-16-12-26(28)27-6-2-3-7-32(27)49-24-8-9-24/h2-3,6-7,10-12,16,18-19,24,30-31,33-34,41-45H,1,4-5,8-9,13-15,17,20-22H2,(H2,39,40,46)/t30-,31+,33+,34+/m0/s1. The molecule has 13 heteroatoms. The summed E-state index contributed by atoms with van der Waals surface area (Å²) in [6, 6.07) is 15.2. The predicted molar refractivity (Wildman–Crippen MR) is 182 cm³/mol. The van der Waals surface area contributed by atoms with Crippen molar-refractivity contribution in [1.29, 1.82) is 0 Å². The summed E-state index contributed by atoms with van der Waals surface area (Å²) in [5.74, 6) is 1.57. The lowest BCUT2D eigenvalue weighted by Crippen LogP contribution is -2.50. The van der Waals surface area contributed by atoms with Crippen LogP contribution in [0.5, 0.6) is 11.5 Å². The monoisotopic (exact) mass is 699 g/mol. The van der Waals surface area contributed by atoms with Crippen molar-refractivity contribution in [2.45, 2.75) is 87.7 Å². The van der Waals surface area contributed by atoms with E-state index in [1.165, 1.54) is 0 Å². The summed E-state index contributed by atoms with van der Waals surface area (Å²) < 4.78 is 18.8. The van der Waals surface area contributed by atoms with Crippen molar-refractivity contribution in [3.8, 4) is 22.6 Å². The van der Waals surface area contributed by atoms with Gasteiger partial charge in [-0.1, -0.05) is 29.8 Å². The van der Waals surface area contributed by atoms with Gasteiger partial charge in [-0.15, -0.1) is 0 Å². The van der Waals surface area contributed by atoms with Gasteiger partial charge in [-0.25, -0.2) is 4.79 Å². The molecule has 0 unspecified atom stereocenters. The fourth-order valence-corrected chi connectivity index (χ4v) is 5.63. The van der Waals surface area contributed by atoms with Crippen LogP contribution in [0.4, 0.5) is 4.79 Å². The molecule has 2 saturated carbocycles. The Morgan fingerprint density at radius 1 is 0.959 bits per heavy atom. The molecule has 0 radical (unpaired) electrons. The van der Waals surface area contributed by atoms with Gasteiger partial charge < -0.3 is 50.4 Å². The Kier molecular flexibility index (Phi) is 13.1. The number of rotatable bonds is 20. The van der Waals surface area contributed by atoms with E-state index in [1.807, 2.05) is 48.7 Å². The molecule has 7 N–H and O–H groups in total. The molecule has 4 atom stereocenters. The zero-order valence-corrected chi connectivity index (χ0v) is 28.1. The molecule has 0 aliphatic heterocycles. The number of pyridine rings is 1. The molecular formula is C36H46ClN3O9. The minimum atomic E-state index is -1.75. The first-order valence-corrected chi connectivity index (χ1v) is 17.2. The molecule has 1 aromatic heterocycles. The number of carbonyl (C=O) groups is 1. The Morgan fingerprint density at radius 2 is 1.73 bits per heavy atom. The van der Waals surface area contributed by atoms with Gasteiger partial charge in [0.15, 0.2) is 0 Å². The number of carbonyl (C=O) groups excluding carboxylic acids is 1. The van der Waals surface area contributed by atoms with Crippen LogP contribution in [-0.2, 0) is 16.9 Å². The number of unbranched alkanes of at least 4 members (excludes halogenated alkanes) is 2. The number of amides is 2. The van der Waals surface area contributed by atoms with Crippen molar-refractivity contribution in [1.82, 2.24) is 15.6 Å². The summed E-state index contributed by atoms with van der Waals surface area (Å²) in [6.45, 7) is 0.0608. The van der Waals surface area contributed by atoms with Crippen LogP contribution >= 0.6 is 11.6 Å². The highest BCUT2D eigenvalue weighted by Crippen LogP contribution is 2.53. The van der Waals surface area contributed by atoms with Crippen LogP contribution in [0.25, 0.3) is 11.1 Å². The maximum atomic E-state index is 12.0. The Hall–Kier alpha value is -3.49. The van der Waals surface area contributed by atoms with Crippen LogP contribution < -0.4 is 20.1 Å². The Labute approximate surface area is 291 Å². The molecule has 2 amide bonds. The zero-order chi connectivity index (χ0) is 34.8. The Balaban J connectivity index is 1.04. The Bertz CT molecular complexity index is 1520. The molecule has 0 saturated heterocycles. The largest absolute Gasteiger partial charge is 0.494 e. The van der Waals surface area contributed by atoms with E-state index in [2.05, 4.69) is 21.7 Å². The molecule has 49 heavy (non-hydrogen) atoms. The molecule has 2 aliphatic carbocycles. The summed E-state index contributed by atoms with van der Waals surface area (Å²) in [4.78, 5) is 16.4. The second-order valence-electron chi connectivity index (χ2n) is 12.6. The lowest BCUT2D eigenvalue weighted by atomic mass is 9.96. The molecule has 12 nitrogen and oxygen atoms in total. The second kappa shape index (κ2) is 17.4. The molecule has 5 rings (SSSR count). The van der Waals surface area contributed by atoms with E-state index < -0.39 is 42.7 Å². The van der Waals surface area contributed by atoms with Crippen LogP contribution in [0.15, 0.2) is 60.9 Å². The number of ether oxygens (including phenoxy) is 3. The molecule has 2 fully saturated rings. The van der Waals surface area contributed by atoms with Crippen molar-refractivity contribution < 1.29 is 44.5 Å². The van der Waals surface area contributed by atoms with Crippen molar-refractivity contribution in [3.63, 3.8) is 0 Å². The third kappa shape index (κ3) is 10.3. The maximum absolute atomic E-state index is 12.0. The van der Waals surface area contributed by atoms with E-state index in [0.717, 1.165) is 66.5 Å². The summed E-state index contributed by atoms with van der Waals surface area (Å²) in [7, 11) is 0. The first-order valence-electron chi connectivity index (χ1n) is 16.8. The summed E-state index contributed by atoms with van der Waals surface area (Å²) in [5.41, 5.74) is 3.53.